The molecule has 0 fully saturated rings. The van der Waals surface area contributed by atoms with Gasteiger partial charge in [-0.15, -0.1) is 0 Å². The average Bonchev–Trinajstić information content (AvgIpc) is 2.59. The van der Waals surface area contributed by atoms with Crippen molar-refractivity contribution in [2.45, 2.75) is 13.0 Å². The van der Waals surface area contributed by atoms with Crippen LogP contribution in [0.15, 0.2) is 59.1 Å². The molecule has 2 aromatic carbocycles. The molecule has 125 valence electrons. The minimum atomic E-state index is -1.01. The summed E-state index contributed by atoms with van der Waals surface area (Å²) in [5, 5.41) is 9.95. The summed E-state index contributed by atoms with van der Waals surface area (Å²) in [7, 11) is 0. The van der Waals surface area contributed by atoms with E-state index in [0.717, 1.165) is 20.9 Å². The topological polar surface area (TPSA) is 59.4 Å². The van der Waals surface area contributed by atoms with E-state index in [-0.39, 0.29) is 29.6 Å². The molecule has 0 aliphatic carbocycles. The molecule has 1 radical (unpaired) electrons. The van der Waals surface area contributed by atoms with Crippen molar-refractivity contribution in [1.29, 1.82) is 0 Å². The van der Waals surface area contributed by atoms with Gasteiger partial charge in [0.25, 0.3) is 0 Å². The maximum Gasteiger partial charge on any atom is 0.344 e. The van der Waals surface area contributed by atoms with Gasteiger partial charge in [0.05, 0.1) is 5.52 Å². The third kappa shape index (κ3) is 5.33. The number of halogens is 1. The first kappa shape index (κ1) is 20.5. The molecule has 1 N–H and O–H groups in total. The molecule has 1 aromatic heterocycles. The molecule has 1 heterocycles. The Morgan fingerprint density at radius 2 is 1.92 bits per heavy atom. The number of aromatic nitrogens is 1. The van der Waals surface area contributed by atoms with Crippen LogP contribution in [0.3, 0.4) is 0 Å². The maximum atomic E-state index is 10.9. The van der Waals surface area contributed by atoms with Crippen molar-refractivity contribution in [3.05, 3.63) is 70.3 Å². The SMILES string of the molecule is CC(Oc1cccc(C#Cc2ccc3ccc(Br)cc3n2)c1)C(=O)O.[Na]. The van der Waals surface area contributed by atoms with Crippen molar-refractivity contribution in [2.24, 2.45) is 0 Å². The first-order valence-electron chi connectivity index (χ1n) is 7.59. The molecule has 6 heteroatoms. The van der Waals surface area contributed by atoms with Crippen LogP contribution in [0.4, 0.5) is 0 Å². The fourth-order valence-electron chi connectivity index (χ4n) is 2.20. The van der Waals surface area contributed by atoms with Crippen LogP contribution in [-0.4, -0.2) is 51.7 Å². The van der Waals surface area contributed by atoms with Gasteiger partial charge in [-0.3, -0.25) is 0 Å². The number of rotatable bonds is 3. The Morgan fingerprint density at radius 3 is 2.69 bits per heavy atom. The summed E-state index contributed by atoms with van der Waals surface area (Å²) in [4.78, 5) is 15.4. The second-order valence-corrected chi connectivity index (χ2v) is 6.33. The molecule has 0 spiro atoms. The summed E-state index contributed by atoms with van der Waals surface area (Å²) in [6.07, 6.45) is -0.913. The van der Waals surface area contributed by atoms with Gasteiger partial charge < -0.3 is 9.84 Å². The first-order chi connectivity index (χ1) is 12.0. The van der Waals surface area contributed by atoms with E-state index in [9.17, 15) is 4.79 Å². The van der Waals surface area contributed by atoms with E-state index in [1.165, 1.54) is 6.92 Å². The second-order valence-electron chi connectivity index (χ2n) is 5.41. The number of carboxylic acids is 1. The van der Waals surface area contributed by atoms with E-state index in [1.54, 1.807) is 18.2 Å². The van der Waals surface area contributed by atoms with Crippen LogP contribution in [-0.2, 0) is 4.79 Å². The Morgan fingerprint density at radius 1 is 1.15 bits per heavy atom. The molecule has 0 amide bonds. The molecule has 1 atom stereocenters. The molecule has 0 aliphatic rings. The van der Waals surface area contributed by atoms with E-state index in [4.69, 9.17) is 9.84 Å². The maximum absolute atomic E-state index is 10.9. The van der Waals surface area contributed by atoms with Gasteiger partial charge in [0.15, 0.2) is 6.10 Å². The number of aliphatic carboxylic acids is 1. The third-order valence-corrected chi connectivity index (χ3v) is 3.98. The van der Waals surface area contributed by atoms with Crippen molar-refractivity contribution in [1.82, 2.24) is 4.98 Å². The Bertz CT molecular complexity index is 1010. The quantitative estimate of drug-likeness (QED) is 0.518. The predicted octanol–water partition coefficient (Wildman–Crippen LogP) is 3.87. The molecule has 26 heavy (non-hydrogen) atoms. The number of hydrogen-bond acceptors (Lipinski definition) is 3. The van der Waals surface area contributed by atoms with Gasteiger partial charge in [0.2, 0.25) is 0 Å². The van der Waals surface area contributed by atoms with Crippen LogP contribution in [0.1, 0.15) is 18.2 Å². The van der Waals surface area contributed by atoms with E-state index in [0.29, 0.717) is 11.4 Å². The van der Waals surface area contributed by atoms with Crippen molar-refractivity contribution >= 4 is 62.4 Å². The van der Waals surface area contributed by atoms with Crippen LogP contribution in [0, 0.1) is 11.8 Å². The van der Waals surface area contributed by atoms with Crippen LogP contribution < -0.4 is 4.74 Å². The molecule has 0 bridgehead atoms. The van der Waals surface area contributed by atoms with Crippen LogP contribution in [0.2, 0.25) is 0 Å². The second kappa shape index (κ2) is 9.20. The van der Waals surface area contributed by atoms with E-state index in [2.05, 4.69) is 32.8 Å². The van der Waals surface area contributed by atoms with Gasteiger partial charge in [0, 0.05) is 45.0 Å². The summed E-state index contributed by atoms with van der Waals surface area (Å²) in [6, 6.07) is 16.8. The number of carboxylic acid groups (broad SMARTS) is 1. The largest absolute Gasteiger partial charge is 0.479 e. The Kier molecular flexibility index (Phi) is 7.24. The number of carbonyl (C=O) groups is 1. The van der Waals surface area contributed by atoms with Crippen molar-refractivity contribution in [2.75, 3.05) is 0 Å². The van der Waals surface area contributed by atoms with Crippen molar-refractivity contribution in [3.63, 3.8) is 0 Å². The third-order valence-electron chi connectivity index (χ3n) is 3.48. The summed E-state index contributed by atoms with van der Waals surface area (Å²) < 4.78 is 6.32. The van der Waals surface area contributed by atoms with E-state index < -0.39 is 12.1 Å². The van der Waals surface area contributed by atoms with Gasteiger partial charge in [-0.2, -0.15) is 0 Å². The number of pyridine rings is 1. The van der Waals surface area contributed by atoms with Gasteiger partial charge in [-0.25, -0.2) is 9.78 Å². The molecule has 4 nitrogen and oxygen atoms in total. The zero-order chi connectivity index (χ0) is 17.8. The fraction of sp³-hybridized carbons (Fsp3) is 0.100. The minimum absolute atomic E-state index is 0. The summed E-state index contributed by atoms with van der Waals surface area (Å²) in [5.74, 6) is 5.52. The number of nitrogens with zero attached hydrogens (tertiary/aromatic N) is 1. The predicted molar refractivity (Wildman–Crippen MR) is 105 cm³/mol. The van der Waals surface area contributed by atoms with Gasteiger partial charge >= 0.3 is 5.97 Å². The number of hydrogen-bond donors (Lipinski definition) is 1. The van der Waals surface area contributed by atoms with Crippen LogP contribution in [0.5, 0.6) is 5.75 Å². The molecular formula is C20H14BrNNaO3. The number of ether oxygens (including phenoxy) is 1. The molecule has 0 saturated carbocycles. The number of benzene rings is 2. The van der Waals surface area contributed by atoms with E-state index in [1.807, 2.05) is 36.4 Å². The normalized spacial score (nSPS) is 11.0. The van der Waals surface area contributed by atoms with Gasteiger partial charge in [0.1, 0.15) is 11.4 Å². The summed E-state index contributed by atoms with van der Waals surface area (Å²) in [5.41, 5.74) is 2.26. The molecule has 3 rings (SSSR count). The Labute approximate surface area is 182 Å². The zero-order valence-corrected chi connectivity index (χ0v) is 17.9. The summed E-state index contributed by atoms with van der Waals surface area (Å²) >= 11 is 3.44. The Hall–Kier alpha value is -1.84. The molecule has 0 aliphatic heterocycles. The molecule has 0 saturated heterocycles. The average molecular weight is 419 g/mol. The molecule has 3 aromatic rings. The number of fused-ring (bicyclic) bond motifs is 1. The first-order valence-corrected chi connectivity index (χ1v) is 8.38. The zero-order valence-electron chi connectivity index (χ0n) is 14.4. The minimum Gasteiger partial charge on any atom is -0.479 e. The van der Waals surface area contributed by atoms with Crippen LogP contribution >= 0.6 is 15.9 Å². The van der Waals surface area contributed by atoms with Gasteiger partial charge in [-0.05, 0) is 49.2 Å². The summed E-state index contributed by atoms with van der Waals surface area (Å²) in [6.45, 7) is 1.48. The Balaban J connectivity index is 0.00000243. The molecule has 1 unspecified atom stereocenters. The van der Waals surface area contributed by atoms with Crippen LogP contribution in [0.25, 0.3) is 10.9 Å². The van der Waals surface area contributed by atoms with Crippen molar-refractivity contribution < 1.29 is 14.6 Å². The monoisotopic (exact) mass is 418 g/mol. The smallest absolute Gasteiger partial charge is 0.344 e. The van der Waals surface area contributed by atoms with Gasteiger partial charge in [-0.1, -0.05) is 40.0 Å². The van der Waals surface area contributed by atoms with E-state index >= 15 is 0 Å². The van der Waals surface area contributed by atoms with Crippen molar-refractivity contribution in [3.8, 4) is 17.6 Å². The molecular weight excluding hydrogens is 405 g/mol. The standard InChI is InChI=1S/C20H14BrNO3.Na/c1-13(20(23)24)25-18-4-2-3-14(11-18)5-9-17-10-7-15-6-8-16(21)12-19(15)22-17;/h2-4,6-8,10-13H,1H3,(H,23,24);. The fourth-order valence-corrected chi connectivity index (χ4v) is 2.55.